The Kier molecular flexibility index (Phi) is 7.07. The van der Waals surface area contributed by atoms with Gasteiger partial charge in [-0.25, -0.2) is 25.6 Å². The van der Waals surface area contributed by atoms with Crippen molar-refractivity contribution in [2.45, 2.75) is 9.79 Å². The van der Waals surface area contributed by atoms with Gasteiger partial charge >= 0.3 is 0 Å². The van der Waals surface area contributed by atoms with Crippen LogP contribution in [-0.4, -0.2) is 33.8 Å². The van der Waals surface area contributed by atoms with Crippen LogP contribution in [-0.2, 0) is 20.0 Å². The van der Waals surface area contributed by atoms with E-state index in [9.17, 15) is 45.8 Å². The Morgan fingerprint density at radius 3 is 1.64 bits per heavy atom. The van der Waals surface area contributed by atoms with E-state index >= 15 is 0 Å². The molecule has 3 rings (SSSR count). The average molecular weight is 544 g/mol. The predicted octanol–water partition coefficient (Wildman–Crippen LogP) is 3.39. The summed E-state index contributed by atoms with van der Waals surface area (Å²) in [6.07, 6.45) is 0. The lowest BCUT2D eigenvalue weighted by Gasteiger charge is -2.14. The molecule has 36 heavy (non-hydrogen) atoms. The standard InChI is InChI=1S/C19H14F2N4O9S2/c1-34-18-7-4-13(35(30,31)22-16-5-2-11(24(26)27)8-14(16)20)10-19(18)36(32,33)23-17-6-3-12(25(28)29)9-15(17)21/h2-10,22-23H,1H3. The number of halogens is 2. The number of methoxy groups -OCH3 is 1. The molecule has 0 spiro atoms. The summed E-state index contributed by atoms with van der Waals surface area (Å²) in [5.74, 6) is -2.87. The summed E-state index contributed by atoms with van der Waals surface area (Å²) in [7, 11) is -8.26. The van der Waals surface area contributed by atoms with Crippen LogP contribution >= 0.6 is 0 Å². The fraction of sp³-hybridized carbons (Fsp3) is 0.0526. The third-order valence-corrected chi connectivity index (χ3v) is 7.30. The molecule has 0 saturated carbocycles. The molecule has 0 radical (unpaired) electrons. The smallest absolute Gasteiger partial charge is 0.272 e. The minimum absolute atomic E-state index is 0.342. The minimum atomic E-state index is -4.72. The number of hydrogen-bond donors (Lipinski definition) is 2. The number of nitro groups is 2. The van der Waals surface area contributed by atoms with Gasteiger partial charge < -0.3 is 4.74 Å². The van der Waals surface area contributed by atoms with E-state index in [0.717, 1.165) is 43.5 Å². The Bertz CT molecular complexity index is 1600. The van der Waals surface area contributed by atoms with Crippen molar-refractivity contribution in [2.75, 3.05) is 16.6 Å². The van der Waals surface area contributed by atoms with Gasteiger partial charge in [-0.1, -0.05) is 0 Å². The molecule has 0 aliphatic carbocycles. The first-order valence-electron chi connectivity index (χ1n) is 9.37. The van der Waals surface area contributed by atoms with Gasteiger partial charge in [0, 0.05) is 12.1 Å². The van der Waals surface area contributed by atoms with Gasteiger partial charge in [-0.05, 0) is 30.3 Å². The van der Waals surface area contributed by atoms with Gasteiger partial charge in [0.2, 0.25) is 0 Å². The van der Waals surface area contributed by atoms with Crippen LogP contribution in [0.15, 0.2) is 64.4 Å². The zero-order valence-electron chi connectivity index (χ0n) is 17.8. The fourth-order valence-corrected chi connectivity index (χ4v) is 5.27. The van der Waals surface area contributed by atoms with Crippen molar-refractivity contribution < 1.29 is 40.2 Å². The van der Waals surface area contributed by atoms with Crippen molar-refractivity contribution in [3.8, 4) is 5.75 Å². The molecule has 0 heterocycles. The number of anilines is 2. The monoisotopic (exact) mass is 544 g/mol. The lowest BCUT2D eigenvalue weighted by atomic mass is 10.3. The normalized spacial score (nSPS) is 11.5. The van der Waals surface area contributed by atoms with E-state index in [0.29, 0.717) is 18.2 Å². The summed E-state index contributed by atoms with van der Waals surface area (Å²) in [5.41, 5.74) is -2.57. The topological polar surface area (TPSA) is 188 Å². The molecule has 0 unspecified atom stereocenters. The number of nitro benzene ring substituents is 2. The van der Waals surface area contributed by atoms with E-state index in [1.54, 1.807) is 0 Å². The summed E-state index contributed by atoms with van der Waals surface area (Å²) in [6, 6.07) is 6.86. The SMILES string of the molecule is COc1ccc(S(=O)(=O)Nc2ccc([N+](=O)[O-])cc2F)cc1S(=O)(=O)Nc1ccc([N+](=O)[O-])cc1F. The number of nitrogens with zero attached hydrogens (tertiary/aromatic N) is 2. The molecule has 3 aromatic carbocycles. The number of nitrogens with one attached hydrogen (secondary N) is 2. The first-order chi connectivity index (χ1) is 16.7. The molecule has 0 atom stereocenters. The van der Waals surface area contributed by atoms with E-state index in [4.69, 9.17) is 4.74 Å². The van der Waals surface area contributed by atoms with Gasteiger partial charge in [-0.15, -0.1) is 0 Å². The van der Waals surface area contributed by atoms with Crippen molar-refractivity contribution in [2.24, 2.45) is 0 Å². The Balaban J connectivity index is 1.99. The molecule has 17 heteroatoms. The fourth-order valence-electron chi connectivity index (χ4n) is 2.84. The van der Waals surface area contributed by atoms with Crippen LogP contribution in [0.3, 0.4) is 0 Å². The van der Waals surface area contributed by atoms with Gasteiger partial charge in [-0.3, -0.25) is 29.7 Å². The van der Waals surface area contributed by atoms with Gasteiger partial charge in [-0.2, -0.15) is 0 Å². The molecular weight excluding hydrogens is 530 g/mol. The number of rotatable bonds is 9. The molecule has 0 aromatic heterocycles. The molecule has 0 bridgehead atoms. The lowest BCUT2D eigenvalue weighted by Crippen LogP contribution is -2.18. The Morgan fingerprint density at radius 1 is 0.750 bits per heavy atom. The minimum Gasteiger partial charge on any atom is -0.495 e. The molecule has 13 nitrogen and oxygen atoms in total. The second kappa shape index (κ2) is 9.70. The quantitative estimate of drug-likeness (QED) is 0.300. The van der Waals surface area contributed by atoms with E-state index in [2.05, 4.69) is 0 Å². The maximum absolute atomic E-state index is 14.2. The maximum Gasteiger partial charge on any atom is 0.272 e. The third kappa shape index (κ3) is 5.47. The highest BCUT2D eigenvalue weighted by Gasteiger charge is 2.26. The zero-order chi connectivity index (χ0) is 26.8. The maximum atomic E-state index is 14.2. The first-order valence-corrected chi connectivity index (χ1v) is 12.3. The Labute approximate surface area is 201 Å². The molecule has 0 aliphatic heterocycles. The van der Waals surface area contributed by atoms with Crippen LogP contribution in [0.5, 0.6) is 5.75 Å². The molecule has 0 saturated heterocycles. The van der Waals surface area contributed by atoms with Crippen molar-refractivity contribution >= 4 is 42.8 Å². The van der Waals surface area contributed by atoms with E-state index in [-0.39, 0.29) is 5.75 Å². The van der Waals surface area contributed by atoms with E-state index < -0.39 is 74.1 Å². The number of non-ortho nitro benzene ring substituents is 2. The summed E-state index contributed by atoms with van der Waals surface area (Å²) < 4.78 is 88.4. The zero-order valence-corrected chi connectivity index (χ0v) is 19.5. The van der Waals surface area contributed by atoms with E-state index in [1.807, 2.05) is 9.44 Å². The lowest BCUT2D eigenvalue weighted by molar-refractivity contribution is -0.385. The summed E-state index contributed by atoms with van der Waals surface area (Å²) >= 11 is 0. The molecule has 0 fully saturated rings. The highest BCUT2D eigenvalue weighted by atomic mass is 32.2. The highest BCUT2D eigenvalue weighted by molar-refractivity contribution is 7.93. The Hall–Kier alpha value is -4.38. The third-order valence-electron chi connectivity index (χ3n) is 4.55. The van der Waals surface area contributed by atoms with Gasteiger partial charge in [0.25, 0.3) is 31.4 Å². The van der Waals surface area contributed by atoms with Crippen LogP contribution in [0.2, 0.25) is 0 Å². The Morgan fingerprint density at radius 2 is 1.22 bits per heavy atom. The van der Waals surface area contributed by atoms with Gasteiger partial charge in [0.15, 0.2) is 11.6 Å². The van der Waals surface area contributed by atoms with Crippen LogP contribution in [0, 0.1) is 31.9 Å². The summed E-state index contributed by atoms with van der Waals surface area (Å²) in [6.45, 7) is 0. The van der Waals surface area contributed by atoms with Crippen LogP contribution in [0.25, 0.3) is 0 Å². The average Bonchev–Trinajstić information content (AvgIpc) is 2.80. The van der Waals surface area contributed by atoms with Crippen molar-refractivity contribution in [3.63, 3.8) is 0 Å². The van der Waals surface area contributed by atoms with Crippen molar-refractivity contribution in [3.05, 3.63) is 86.5 Å². The van der Waals surface area contributed by atoms with Crippen LogP contribution in [0.1, 0.15) is 0 Å². The second-order valence-corrected chi connectivity index (χ2v) is 10.2. The number of benzene rings is 3. The van der Waals surface area contributed by atoms with Gasteiger partial charge in [0.05, 0.1) is 45.4 Å². The second-order valence-electron chi connectivity index (χ2n) is 6.87. The molecule has 3 aromatic rings. The van der Waals surface area contributed by atoms with Crippen molar-refractivity contribution in [1.82, 2.24) is 0 Å². The van der Waals surface area contributed by atoms with Gasteiger partial charge in [0.1, 0.15) is 10.6 Å². The molecule has 0 aliphatic rings. The molecule has 190 valence electrons. The first kappa shape index (κ1) is 26.2. The molecule has 0 amide bonds. The van der Waals surface area contributed by atoms with Crippen LogP contribution < -0.4 is 14.2 Å². The molecular formula is C19H14F2N4O9S2. The molecule has 2 N–H and O–H groups in total. The number of ether oxygens (including phenoxy) is 1. The van der Waals surface area contributed by atoms with Crippen LogP contribution in [0.4, 0.5) is 31.5 Å². The van der Waals surface area contributed by atoms with Crippen molar-refractivity contribution in [1.29, 1.82) is 0 Å². The highest BCUT2D eigenvalue weighted by Crippen LogP contribution is 2.31. The van der Waals surface area contributed by atoms with E-state index in [1.165, 1.54) is 0 Å². The number of hydrogen-bond acceptors (Lipinski definition) is 9. The predicted molar refractivity (Wildman–Crippen MR) is 121 cm³/mol. The number of sulfonamides is 2. The largest absolute Gasteiger partial charge is 0.495 e. The summed E-state index contributed by atoms with van der Waals surface area (Å²) in [4.78, 5) is 18.3. The summed E-state index contributed by atoms with van der Waals surface area (Å²) in [5, 5.41) is 21.5.